The second-order valence-electron chi connectivity index (χ2n) is 3.60. The van der Waals surface area contributed by atoms with E-state index in [1.165, 1.54) is 6.07 Å². The summed E-state index contributed by atoms with van der Waals surface area (Å²) in [5, 5.41) is 11.0. The van der Waals surface area contributed by atoms with E-state index in [1.807, 2.05) is 0 Å². The predicted octanol–water partition coefficient (Wildman–Crippen LogP) is 3.63. The molecule has 0 aliphatic carbocycles. The van der Waals surface area contributed by atoms with Crippen LogP contribution in [-0.2, 0) is 11.0 Å². The molecular weight excluding hydrogens is 271 g/mol. The first-order valence-electron chi connectivity index (χ1n) is 5.12. The van der Waals surface area contributed by atoms with Crippen molar-refractivity contribution in [1.29, 1.82) is 0 Å². The topological polar surface area (TPSA) is 49.3 Å². The van der Waals surface area contributed by atoms with Crippen molar-refractivity contribution in [2.75, 3.05) is 5.32 Å². The summed E-state index contributed by atoms with van der Waals surface area (Å²) in [6, 6.07) is 2.17. The van der Waals surface area contributed by atoms with Crippen molar-refractivity contribution in [2.45, 2.75) is 25.6 Å². The van der Waals surface area contributed by atoms with E-state index in [9.17, 15) is 18.0 Å². The Morgan fingerprint density at radius 1 is 1.50 bits per heavy atom. The van der Waals surface area contributed by atoms with E-state index in [0.717, 1.165) is 12.1 Å². The highest BCUT2D eigenvalue weighted by Crippen LogP contribution is 2.38. The largest absolute Gasteiger partial charge is 0.480 e. The van der Waals surface area contributed by atoms with Crippen LogP contribution in [0.2, 0.25) is 5.02 Å². The van der Waals surface area contributed by atoms with Crippen LogP contribution in [0.15, 0.2) is 18.2 Å². The van der Waals surface area contributed by atoms with Gasteiger partial charge in [0.05, 0.1) is 16.3 Å². The fourth-order valence-corrected chi connectivity index (χ4v) is 1.65. The van der Waals surface area contributed by atoms with E-state index in [4.69, 9.17) is 16.7 Å². The molecule has 0 spiro atoms. The van der Waals surface area contributed by atoms with Gasteiger partial charge in [0.25, 0.3) is 0 Å². The van der Waals surface area contributed by atoms with Gasteiger partial charge in [-0.05, 0) is 18.6 Å². The second-order valence-corrected chi connectivity index (χ2v) is 4.01. The van der Waals surface area contributed by atoms with E-state index >= 15 is 0 Å². The summed E-state index contributed by atoms with van der Waals surface area (Å²) >= 11 is 5.69. The SMILES string of the molecule is CCC(Nc1c(Cl)cccc1C(F)(F)F)C(=O)O. The first-order chi connectivity index (χ1) is 8.27. The lowest BCUT2D eigenvalue weighted by molar-refractivity contribution is -0.139. The van der Waals surface area contributed by atoms with Crippen LogP contribution < -0.4 is 5.32 Å². The lowest BCUT2D eigenvalue weighted by Gasteiger charge is -2.19. The minimum absolute atomic E-state index is 0.137. The molecule has 0 aliphatic rings. The maximum atomic E-state index is 12.7. The highest BCUT2D eigenvalue weighted by molar-refractivity contribution is 6.33. The molecule has 1 atom stereocenters. The van der Waals surface area contributed by atoms with Gasteiger partial charge in [0.2, 0.25) is 0 Å². The molecular formula is C11H11ClF3NO2. The van der Waals surface area contributed by atoms with Crippen LogP contribution in [-0.4, -0.2) is 17.1 Å². The molecule has 0 saturated carbocycles. The third-order valence-electron chi connectivity index (χ3n) is 2.34. The summed E-state index contributed by atoms with van der Waals surface area (Å²) < 4.78 is 38.2. The number of rotatable bonds is 4. The quantitative estimate of drug-likeness (QED) is 0.886. The number of aliphatic carboxylic acids is 1. The maximum absolute atomic E-state index is 12.7. The van der Waals surface area contributed by atoms with Crippen molar-refractivity contribution in [1.82, 2.24) is 0 Å². The molecule has 0 heterocycles. The number of alkyl halides is 3. The molecule has 7 heteroatoms. The Bertz CT molecular complexity index is 448. The van der Waals surface area contributed by atoms with Gasteiger partial charge in [-0.1, -0.05) is 24.6 Å². The molecule has 0 amide bonds. The first-order valence-corrected chi connectivity index (χ1v) is 5.50. The maximum Gasteiger partial charge on any atom is 0.418 e. The highest BCUT2D eigenvalue weighted by Gasteiger charge is 2.35. The molecule has 18 heavy (non-hydrogen) atoms. The normalized spacial score (nSPS) is 13.2. The molecule has 1 aromatic rings. The summed E-state index contributed by atoms with van der Waals surface area (Å²) in [6.45, 7) is 1.55. The van der Waals surface area contributed by atoms with Crippen LogP contribution >= 0.6 is 11.6 Å². The molecule has 0 fully saturated rings. The van der Waals surface area contributed by atoms with Gasteiger partial charge >= 0.3 is 12.1 Å². The molecule has 1 aromatic carbocycles. The average molecular weight is 282 g/mol. The second kappa shape index (κ2) is 5.48. The average Bonchev–Trinajstić information content (AvgIpc) is 2.25. The van der Waals surface area contributed by atoms with Crippen molar-refractivity contribution >= 4 is 23.3 Å². The highest BCUT2D eigenvalue weighted by atomic mass is 35.5. The van der Waals surface area contributed by atoms with Crippen LogP contribution in [0.4, 0.5) is 18.9 Å². The van der Waals surface area contributed by atoms with Crippen molar-refractivity contribution in [2.24, 2.45) is 0 Å². The zero-order chi connectivity index (χ0) is 13.9. The standard InChI is InChI=1S/C11H11ClF3NO2/c1-2-8(10(17)18)16-9-6(11(13,14)15)4-3-5-7(9)12/h3-5,8,16H,2H2,1H3,(H,17,18). The number of carbonyl (C=O) groups is 1. The predicted molar refractivity (Wildman–Crippen MR) is 61.8 cm³/mol. The smallest absolute Gasteiger partial charge is 0.418 e. The Morgan fingerprint density at radius 3 is 2.56 bits per heavy atom. The van der Waals surface area contributed by atoms with E-state index in [0.29, 0.717) is 0 Å². The summed E-state index contributed by atoms with van der Waals surface area (Å²) in [5.41, 5.74) is -1.38. The van der Waals surface area contributed by atoms with E-state index in [1.54, 1.807) is 6.92 Å². The van der Waals surface area contributed by atoms with Gasteiger partial charge in [-0.2, -0.15) is 13.2 Å². The number of halogens is 4. The zero-order valence-corrected chi connectivity index (χ0v) is 10.1. The molecule has 0 aliphatic heterocycles. The number of benzene rings is 1. The van der Waals surface area contributed by atoms with Gasteiger partial charge < -0.3 is 10.4 Å². The molecule has 0 saturated heterocycles. The Kier molecular flexibility index (Phi) is 4.45. The number of anilines is 1. The summed E-state index contributed by atoms with van der Waals surface area (Å²) in [5.74, 6) is -1.23. The van der Waals surface area contributed by atoms with E-state index < -0.39 is 29.4 Å². The fraction of sp³-hybridized carbons (Fsp3) is 0.364. The number of hydrogen-bond acceptors (Lipinski definition) is 2. The summed E-state index contributed by atoms with van der Waals surface area (Å²) in [6.07, 6.45) is -4.46. The van der Waals surface area contributed by atoms with Crippen LogP contribution in [0.5, 0.6) is 0 Å². The number of para-hydroxylation sites is 1. The van der Waals surface area contributed by atoms with Gasteiger partial charge in [-0.3, -0.25) is 0 Å². The van der Waals surface area contributed by atoms with E-state index in [2.05, 4.69) is 5.32 Å². The van der Waals surface area contributed by atoms with Crippen molar-refractivity contribution in [3.05, 3.63) is 28.8 Å². The Hall–Kier alpha value is -1.43. The Morgan fingerprint density at radius 2 is 2.11 bits per heavy atom. The zero-order valence-electron chi connectivity index (χ0n) is 9.38. The third kappa shape index (κ3) is 3.29. The molecule has 2 N–H and O–H groups in total. The molecule has 1 unspecified atom stereocenters. The van der Waals surface area contributed by atoms with Gasteiger partial charge in [-0.15, -0.1) is 0 Å². The van der Waals surface area contributed by atoms with Crippen LogP contribution in [0.25, 0.3) is 0 Å². The molecule has 1 rings (SSSR count). The fourth-order valence-electron chi connectivity index (χ4n) is 1.42. The Balaban J connectivity index is 3.18. The number of nitrogens with one attached hydrogen (secondary N) is 1. The molecule has 0 aromatic heterocycles. The van der Waals surface area contributed by atoms with E-state index in [-0.39, 0.29) is 11.4 Å². The molecule has 100 valence electrons. The minimum atomic E-state index is -4.59. The van der Waals surface area contributed by atoms with Crippen molar-refractivity contribution in [3.8, 4) is 0 Å². The lowest BCUT2D eigenvalue weighted by atomic mass is 10.1. The third-order valence-corrected chi connectivity index (χ3v) is 2.66. The summed E-state index contributed by atoms with van der Waals surface area (Å²) in [7, 11) is 0. The van der Waals surface area contributed by atoms with Gasteiger partial charge in [0, 0.05) is 0 Å². The van der Waals surface area contributed by atoms with Gasteiger partial charge in [0.15, 0.2) is 0 Å². The van der Waals surface area contributed by atoms with Crippen molar-refractivity contribution in [3.63, 3.8) is 0 Å². The van der Waals surface area contributed by atoms with Crippen molar-refractivity contribution < 1.29 is 23.1 Å². The number of hydrogen-bond donors (Lipinski definition) is 2. The first kappa shape index (κ1) is 14.6. The van der Waals surface area contributed by atoms with Crippen LogP contribution in [0.1, 0.15) is 18.9 Å². The number of carboxylic acids is 1. The Labute approximate surface area is 107 Å². The summed E-state index contributed by atoms with van der Waals surface area (Å²) in [4.78, 5) is 10.8. The van der Waals surface area contributed by atoms with Crippen LogP contribution in [0, 0.1) is 0 Å². The molecule has 3 nitrogen and oxygen atoms in total. The minimum Gasteiger partial charge on any atom is -0.480 e. The molecule has 0 bridgehead atoms. The molecule has 0 radical (unpaired) electrons. The monoisotopic (exact) mass is 281 g/mol. The van der Waals surface area contributed by atoms with Gasteiger partial charge in [-0.25, -0.2) is 4.79 Å². The van der Waals surface area contributed by atoms with Crippen LogP contribution in [0.3, 0.4) is 0 Å². The lowest BCUT2D eigenvalue weighted by Crippen LogP contribution is -2.29. The number of carboxylic acid groups (broad SMARTS) is 1. The van der Waals surface area contributed by atoms with Gasteiger partial charge in [0.1, 0.15) is 6.04 Å².